The molecule has 2 heterocycles. The predicted octanol–water partition coefficient (Wildman–Crippen LogP) is 1.88. The maximum atomic E-state index is 5.47. The molecule has 17 heavy (non-hydrogen) atoms. The molecule has 0 aromatic rings. The molecule has 2 aliphatic rings. The lowest BCUT2D eigenvalue weighted by atomic mass is 9.81. The number of nitrogens with zero attached hydrogens (tertiary/aromatic N) is 1. The molecule has 0 aliphatic carbocycles. The maximum Gasteiger partial charge on any atom is 0.0644 e. The van der Waals surface area contributed by atoms with Crippen molar-refractivity contribution in [3.63, 3.8) is 0 Å². The Kier molecular flexibility index (Phi) is 4.83. The molecule has 0 aromatic heterocycles. The number of rotatable bonds is 5. The van der Waals surface area contributed by atoms with Gasteiger partial charge in [0.25, 0.3) is 0 Å². The van der Waals surface area contributed by atoms with Crippen LogP contribution in [-0.2, 0) is 4.74 Å². The van der Waals surface area contributed by atoms with Crippen molar-refractivity contribution < 1.29 is 4.74 Å². The minimum atomic E-state index is 0.279. The van der Waals surface area contributed by atoms with Crippen LogP contribution in [0, 0.1) is 5.92 Å². The van der Waals surface area contributed by atoms with Gasteiger partial charge in [-0.25, -0.2) is 0 Å². The van der Waals surface area contributed by atoms with Crippen molar-refractivity contribution in [1.29, 1.82) is 0 Å². The number of ether oxygens (including phenoxy) is 1. The number of methoxy groups -OCH3 is 1. The molecule has 0 bridgehead atoms. The Morgan fingerprint density at radius 3 is 2.88 bits per heavy atom. The molecular weight excluding hydrogens is 212 g/mol. The van der Waals surface area contributed by atoms with E-state index >= 15 is 0 Å². The summed E-state index contributed by atoms with van der Waals surface area (Å²) in [6.45, 7) is 8.13. The van der Waals surface area contributed by atoms with Gasteiger partial charge in [-0.15, -0.1) is 0 Å². The summed E-state index contributed by atoms with van der Waals surface area (Å²) in [5.41, 5.74) is 0.279. The van der Waals surface area contributed by atoms with Gasteiger partial charge in [0, 0.05) is 19.2 Å². The smallest absolute Gasteiger partial charge is 0.0644 e. The summed E-state index contributed by atoms with van der Waals surface area (Å²) in [5.74, 6) is 0.871. The third-order valence-electron chi connectivity index (χ3n) is 4.50. The first-order chi connectivity index (χ1) is 8.28. The standard InChI is InChI=1S/C14H28N2O/c1-3-16-9-6-13(11-16)10-14(12-17-2)7-4-5-8-15-14/h13,15H,3-12H2,1-2H3. The zero-order valence-corrected chi connectivity index (χ0v) is 11.5. The van der Waals surface area contributed by atoms with Crippen molar-refractivity contribution >= 4 is 0 Å². The van der Waals surface area contributed by atoms with Gasteiger partial charge in [0.1, 0.15) is 0 Å². The molecule has 2 atom stereocenters. The third-order valence-corrected chi connectivity index (χ3v) is 4.50. The minimum Gasteiger partial charge on any atom is -0.383 e. The Labute approximate surface area is 106 Å². The number of likely N-dealkylation sites (tertiary alicyclic amines) is 1. The van der Waals surface area contributed by atoms with Crippen LogP contribution in [0.4, 0.5) is 0 Å². The van der Waals surface area contributed by atoms with Crippen LogP contribution in [0.2, 0.25) is 0 Å². The topological polar surface area (TPSA) is 24.5 Å². The van der Waals surface area contributed by atoms with Crippen molar-refractivity contribution in [2.75, 3.05) is 39.9 Å². The maximum absolute atomic E-state index is 5.47. The van der Waals surface area contributed by atoms with Crippen LogP contribution in [0.3, 0.4) is 0 Å². The lowest BCUT2D eigenvalue weighted by Gasteiger charge is -2.39. The van der Waals surface area contributed by atoms with Crippen molar-refractivity contribution in [3.05, 3.63) is 0 Å². The van der Waals surface area contributed by atoms with Gasteiger partial charge in [0.15, 0.2) is 0 Å². The second-order valence-corrected chi connectivity index (χ2v) is 5.85. The molecule has 100 valence electrons. The first-order valence-corrected chi connectivity index (χ1v) is 7.24. The van der Waals surface area contributed by atoms with E-state index in [1.165, 1.54) is 58.3 Å². The first kappa shape index (κ1) is 13.3. The van der Waals surface area contributed by atoms with E-state index in [0.717, 1.165) is 12.5 Å². The molecule has 3 nitrogen and oxygen atoms in total. The molecule has 0 aromatic carbocycles. The quantitative estimate of drug-likeness (QED) is 0.794. The minimum absolute atomic E-state index is 0.279. The van der Waals surface area contributed by atoms with Crippen molar-refractivity contribution in [2.24, 2.45) is 5.92 Å². The molecule has 0 spiro atoms. The zero-order chi connectivity index (χ0) is 12.1. The Bertz CT molecular complexity index is 221. The molecule has 1 N–H and O–H groups in total. The Balaban J connectivity index is 1.88. The van der Waals surface area contributed by atoms with Gasteiger partial charge < -0.3 is 15.0 Å². The van der Waals surface area contributed by atoms with Gasteiger partial charge >= 0.3 is 0 Å². The Morgan fingerprint density at radius 1 is 1.41 bits per heavy atom. The summed E-state index contributed by atoms with van der Waals surface area (Å²) in [6, 6.07) is 0. The first-order valence-electron chi connectivity index (χ1n) is 7.24. The monoisotopic (exact) mass is 240 g/mol. The molecular formula is C14H28N2O. The van der Waals surface area contributed by atoms with E-state index in [1.54, 1.807) is 0 Å². The molecule has 2 unspecified atom stereocenters. The highest BCUT2D eigenvalue weighted by Crippen LogP contribution is 2.31. The molecule has 0 radical (unpaired) electrons. The second-order valence-electron chi connectivity index (χ2n) is 5.85. The van der Waals surface area contributed by atoms with E-state index in [1.807, 2.05) is 7.11 Å². The molecule has 0 saturated carbocycles. The highest BCUT2D eigenvalue weighted by molar-refractivity contribution is 4.94. The second kappa shape index (κ2) is 6.17. The number of hydrogen-bond acceptors (Lipinski definition) is 3. The summed E-state index contributed by atoms with van der Waals surface area (Å²) in [7, 11) is 1.84. The van der Waals surface area contributed by atoms with Crippen LogP contribution >= 0.6 is 0 Å². The number of piperidine rings is 1. The van der Waals surface area contributed by atoms with Gasteiger partial charge in [-0.1, -0.05) is 13.3 Å². The molecule has 2 saturated heterocycles. The van der Waals surface area contributed by atoms with Crippen LogP contribution in [0.1, 0.15) is 39.0 Å². The van der Waals surface area contributed by atoms with Crippen LogP contribution in [0.15, 0.2) is 0 Å². The fourth-order valence-electron chi connectivity index (χ4n) is 3.58. The van der Waals surface area contributed by atoms with Crippen LogP contribution in [0.5, 0.6) is 0 Å². The number of nitrogens with one attached hydrogen (secondary N) is 1. The fraction of sp³-hybridized carbons (Fsp3) is 1.00. The molecule has 2 aliphatic heterocycles. The highest BCUT2D eigenvalue weighted by atomic mass is 16.5. The van der Waals surface area contributed by atoms with E-state index in [2.05, 4.69) is 17.1 Å². The van der Waals surface area contributed by atoms with E-state index in [4.69, 9.17) is 4.74 Å². The van der Waals surface area contributed by atoms with E-state index < -0.39 is 0 Å². The fourth-order valence-corrected chi connectivity index (χ4v) is 3.58. The van der Waals surface area contributed by atoms with Crippen LogP contribution in [-0.4, -0.2) is 50.3 Å². The predicted molar refractivity (Wildman–Crippen MR) is 71.3 cm³/mol. The third kappa shape index (κ3) is 3.43. The normalized spacial score (nSPS) is 35.3. The lowest BCUT2D eigenvalue weighted by Crippen LogP contribution is -2.53. The summed E-state index contributed by atoms with van der Waals surface area (Å²) in [4.78, 5) is 2.58. The molecule has 2 fully saturated rings. The average Bonchev–Trinajstić information content (AvgIpc) is 2.78. The summed E-state index contributed by atoms with van der Waals surface area (Å²) >= 11 is 0. The SMILES string of the molecule is CCN1CCC(CC2(COC)CCCCN2)C1. The van der Waals surface area contributed by atoms with E-state index in [-0.39, 0.29) is 5.54 Å². The van der Waals surface area contributed by atoms with Crippen molar-refractivity contribution in [3.8, 4) is 0 Å². The van der Waals surface area contributed by atoms with Gasteiger partial charge in [-0.05, 0) is 51.2 Å². The van der Waals surface area contributed by atoms with Crippen molar-refractivity contribution in [2.45, 2.75) is 44.6 Å². The average molecular weight is 240 g/mol. The summed E-state index contributed by atoms with van der Waals surface area (Å²) < 4.78 is 5.47. The summed E-state index contributed by atoms with van der Waals surface area (Å²) in [5, 5.41) is 3.75. The van der Waals surface area contributed by atoms with Gasteiger partial charge in [0.05, 0.1) is 6.61 Å². The van der Waals surface area contributed by atoms with Gasteiger partial charge in [0.2, 0.25) is 0 Å². The van der Waals surface area contributed by atoms with Crippen LogP contribution < -0.4 is 5.32 Å². The largest absolute Gasteiger partial charge is 0.383 e. The number of hydrogen-bond donors (Lipinski definition) is 1. The summed E-state index contributed by atoms with van der Waals surface area (Å²) in [6.07, 6.45) is 6.67. The molecule has 3 heteroatoms. The van der Waals surface area contributed by atoms with Gasteiger partial charge in [-0.2, -0.15) is 0 Å². The molecule has 0 amide bonds. The zero-order valence-electron chi connectivity index (χ0n) is 11.5. The van der Waals surface area contributed by atoms with Crippen LogP contribution in [0.25, 0.3) is 0 Å². The lowest BCUT2D eigenvalue weighted by molar-refractivity contribution is 0.0721. The van der Waals surface area contributed by atoms with Gasteiger partial charge in [-0.3, -0.25) is 0 Å². The highest BCUT2D eigenvalue weighted by Gasteiger charge is 2.36. The van der Waals surface area contributed by atoms with Crippen molar-refractivity contribution in [1.82, 2.24) is 10.2 Å². The Morgan fingerprint density at radius 2 is 2.29 bits per heavy atom. The van der Waals surface area contributed by atoms with E-state index in [0.29, 0.717) is 0 Å². The molecule has 2 rings (SSSR count). The Hall–Kier alpha value is -0.120. The van der Waals surface area contributed by atoms with E-state index in [9.17, 15) is 0 Å².